The summed E-state index contributed by atoms with van der Waals surface area (Å²) in [6, 6.07) is 24.1. The zero-order chi connectivity index (χ0) is 37.1. The molecule has 6 heterocycles. The summed E-state index contributed by atoms with van der Waals surface area (Å²) in [6.07, 6.45) is 5.34. The fourth-order valence-corrected chi connectivity index (χ4v) is 7.21. The number of aryl methyl sites for hydroxylation is 3. The Balaban J connectivity index is 0.000000162. The first kappa shape index (κ1) is 34.4. The quantitative estimate of drug-likeness (QED) is 0.189. The van der Waals surface area contributed by atoms with Crippen LogP contribution in [-0.2, 0) is 27.5 Å². The summed E-state index contributed by atoms with van der Waals surface area (Å²) in [4.78, 5) is 46.1. The maximum absolute atomic E-state index is 12.5. The van der Waals surface area contributed by atoms with Crippen molar-refractivity contribution < 1.29 is 9.59 Å². The number of nitrogens with zero attached hydrogens (tertiary/aromatic N) is 8. The summed E-state index contributed by atoms with van der Waals surface area (Å²) >= 11 is 0. The number of pyridine rings is 2. The largest absolute Gasteiger partial charge is 0.314 e. The van der Waals surface area contributed by atoms with Gasteiger partial charge in [-0.3, -0.25) is 24.2 Å². The monoisotopic (exact) mass is 690 g/mol. The summed E-state index contributed by atoms with van der Waals surface area (Å²) in [5, 5.41) is 4.69. The average Bonchev–Trinajstić information content (AvgIpc) is 3.67. The van der Waals surface area contributed by atoms with Gasteiger partial charge in [0.25, 0.3) is 0 Å². The summed E-state index contributed by atoms with van der Waals surface area (Å²) < 4.78 is 1.89. The summed E-state index contributed by atoms with van der Waals surface area (Å²) in [5.74, 6) is 0.900. The third-order valence-electron chi connectivity index (χ3n) is 10.2. The lowest BCUT2D eigenvalue weighted by molar-refractivity contribution is -0.122. The lowest BCUT2D eigenvalue weighted by atomic mass is 9.85. The summed E-state index contributed by atoms with van der Waals surface area (Å²) in [5.41, 5.74) is 11.7. The predicted octanol–water partition coefficient (Wildman–Crippen LogP) is 7.48. The van der Waals surface area contributed by atoms with Crippen molar-refractivity contribution in [1.29, 1.82) is 0 Å². The number of anilines is 2. The predicted molar refractivity (Wildman–Crippen MR) is 205 cm³/mol. The van der Waals surface area contributed by atoms with Gasteiger partial charge in [0.15, 0.2) is 5.82 Å². The Labute approximate surface area is 304 Å². The molecule has 0 saturated heterocycles. The van der Waals surface area contributed by atoms with Gasteiger partial charge in [0.2, 0.25) is 11.8 Å². The molecule has 0 unspecified atom stereocenters. The number of benzene rings is 2. The Bertz CT molecular complexity index is 2390. The molecule has 0 bridgehead atoms. The van der Waals surface area contributed by atoms with Crippen LogP contribution >= 0.6 is 0 Å². The highest BCUT2D eigenvalue weighted by atomic mass is 16.2. The highest BCUT2D eigenvalue weighted by Crippen LogP contribution is 2.44. The lowest BCUT2D eigenvalue weighted by Crippen LogP contribution is -2.33. The van der Waals surface area contributed by atoms with Gasteiger partial charge in [0, 0.05) is 84.7 Å². The molecule has 6 aromatic rings. The van der Waals surface area contributed by atoms with Crippen LogP contribution in [0.1, 0.15) is 50.2 Å². The molecule has 10 heteroatoms. The van der Waals surface area contributed by atoms with Gasteiger partial charge < -0.3 is 9.80 Å². The minimum Gasteiger partial charge on any atom is -0.314 e. The Morgan fingerprint density at radius 3 is 1.60 bits per heavy atom. The molecule has 0 atom stereocenters. The van der Waals surface area contributed by atoms with Crippen LogP contribution in [0.5, 0.6) is 0 Å². The van der Waals surface area contributed by atoms with Crippen LogP contribution in [0, 0.1) is 13.8 Å². The van der Waals surface area contributed by atoms with Crippen LogP contribution in [0.15, 0.2) is 91.4 Å². The average molecular weight is 691 g/mol. The Kier molecular flexibility index (Phi) is 8.36. The van der Waals surface area contributed by atoms with E-state index in [2.05, 4.69) is 50.4 Å². The molecule has 2 aromatic carbocycles. The van der Waals surface area contributed by atoms with Crippen LogP contribution in [0.3, 0.4) is 0 Å². The number of hydrogen-bond acceptors (Lipinski definition) is 7. The van der Waals surface area contributed by atoms with Crippen LogP contribution in [0.2, 0.25) is 0 Å². The van der Waals surface area contributed by atoms with Gasteiger partial charge in [-0.15, -0.1) is 0 Å². The van der Waals surface area contributed by atoms with Crippen LogP contribution in [0.4, 0.5) is 11.4 Å². The number of rotatable bonds is 4. The van der Waals surface area contributed by atoms with Crippen molar-refractivity contribution in [2.45, 2.75) is 52.4 Å². The highest BCUT2D eigenvalue weighted by molar-refractivity contribution is 6.08. The van der Waals surface area contributed by atoms with E-state index in [1.807, 2.05) is 116 Å². The van der Waals surface area contributed by atoms with Crippen LogP contribution in [0.25, 0.3) is 45.2 Å². The third kappa shape index (κ3) is 5.83. The molecule has 2 aliphatic heterocycles. The van der Waals surface area contributed by atoms with E-state index in [0.29, 0.717) is 5.82 Å². The summed E-state index contributed by atoms with van der Waals surface area (Å²) in [7, 11) is 5.61. The third-order valence-corrected chi connectivity index (χ3v) is 10.2. The normalized spacial score (nSPS) is 15.3. The second-order valence-corrected chi connectivity index (χ2v) is 14.6. The van der Waals surface area contributed by atoms with Crippen molar-refractivity contribution in [3.63, 3.8) is 0 Å². The van der Waals surface area contributed by atoms with E-state index >= 15 is 0 Å². The first-order valence-corrected chi connectivity index (χ1v) is 17.3. The molecule has 8 rings (SSSR count). The maximum atomic E-state index is 12.5. The minimum absolute atomic E-state index is 0.111. The molecular weight excluding hydrogens is 649 g/mol. The topological polar surface area (TPSA) is 110 Å². The van der Waals surface area contributed by atoms with E-state index in [9.17, 15) is 9.59 Å². The van der Waals surface area contributed by atoms with Gasteiger partial charge in [0.1, 0.15) is 0 Å². The Hall–Kier alpha value is -6.03. The molecular formula is C42H42N8O2. The molecule has 0 radical (unpaired) electrons. The molecule has 262 valence electrons. The maximum Gasteiger partial charge on any atom is 0.236 e. The number of amides is 2. The molecule has 0 fully saturated rings. The van der Waals surface area contributed by atoms with E-state index in [4.69, 9.17) is 4.98 Å². The smallest absolute Gasteiger partial charge is 0.236 e. The molecule has 0 spiro atoms. The van der Waals surface area contributed by atoms with Gasteiger partial charge in [-0.2, -0.15) is 5.10 Å². The minimum atomic E-state index is -0.492. The van der Waals surface area contributed by atoms with Crippen molar-refractivity contribution >= 4 is 23.2 Å². The van der Waals surface area contributed by atoms with E-state index in [1.54, 1.807) is 22.2 Å². The van der Waals surface area contributed by atoms with E-state index in [0.717, 1.165) is 73.2 Å². The lowest BCUT2D eigenvalue weighted by Gasteiger charge is -2.16. The second-order valence-electron chi connectivity index (χ2n) is 14.6. The molecule has 10 nitrogen and oxygen atoms in total. The molecule has 2 amide bonds. The number of aromatic nitrogens is 6. The zero-order valence-electron chi connectivity index (χ0n) is 31.1. The van der Waals surface area contributed by atoms with Gasteiger partial charge >= 0.3 is 0 Å². The first-order chi connectivity index (χ1) is 24.7. The van der Waals surface area contributed by atoms with E-state index < -0.39 is 10.8 Å². The van der Waals surface area contributed by atoms with Crippen LogP contribution in [-0.4, -0.2) is 55.6 Å². The molecule has 52 heavy (non-hydrogen) atoms. The van der Waals surface area contributed by atoms with E-state index in [1.165, 1.54) is 0 Å². The molecule has 0 N–H and O–H groups in total. The van der Waals surface area contributed by atoms with Crippen LogP contribution < -0.4 is 9.80 Å². The first-order valence-electron chi connectivity index (χ1n) is 17.3. The van der Waals surface area contributed by atoms with Gasteiger partial charge in [0.05, 0.1) is 27.9 Å². The molecule has 0 saturated carbocycles. The molecule has 2 aliphatic rings. The van der Waals surface area contributed by atoms with Crippen molar-refractivity contribution in [2.75, 3.05) is 23.9 Å². The van der Waals surface area contributed by atoms with E-state index in [-0.39, 0.29) is 11.8 Å². The Morgan fingerprint density at radius 2 is 1.04 bits per heavy atom. The number of fused-ring (bicyclic) bond motifs is 2. The van der Waals surface area contributed by atoms with Crippen molar-refractivity contribution in [2.24, 2.45) is 7.05 Å². The number of likely N-dealkylation sites (N-methyl/N-ethyl adjacent to an activating group) is 2. The Morgan fingerprint density at radius 1 is 0.538 bits per heavy atom. The fourth-order valence-electron chi connectivity index (χ4n) is 7.21. The van der Waals surface area contributed by atoms with Crippen molar-refractivity contribution in [3.8, 4) is 45.2 Å². The standard InChI is InChI=1S/C21H22N4O.C21H20N4O/c1-13-10-15(8-9-22-13)18-12-17(23-25(18)5)14-6-7-16-19(11-14)24(4)20(26)21(16,2)3;1-13-11-15(7-9-22-13)19-23-10-8-17(24-19)14-5-6-16-18(12-14)25(4)20(26)21(16,2)3/h6-12H,1-5H3;5-12H,1-4H3. The van der Waals surface area contributed by atoms with Crippen molar-refractivity contribution in [1.82, 2.24) is 29.7 Å². The fraction of sp³-hybridized carbons (Fsp3) is 0.262. The number of hydrogen-bond donors (Lipinski definition) is 0. The molecule has 0 aliphatic carbocycles. The number of carbonyl (C=O) groups is 2. The highest BCUT2D eigenvalue weighted by Gasteiger charge is 2.43. The SMILES string of the molecule is Cc1cc(-c2cc(-c3ccc4c(c3)N(C)C(=O)C4(C)C)nn2C)ccn1.Cc1cc(-c2nccc(-c3ccc4c(c3)N(C)C(=O)C4(C)C)n2)ccn1. The van der Waals surface area contributed by atoms with Crippen molar-refractivity contribution in [3.05, 3.63) is 114 Å². The molecule has 4 aromatic heterocycles. The second kappa shape index (κ2) is 12.6. The summed E-state index contributed by atoms with van der Waals surface area (Å²) in [6.45, 7) is 11.8. The van der Waals surface area contributed by atoms with Gasteiger partial charge in [-0.25, -0.2) is 9.97 Å². The zero-order valence-corrected chi connectivity index (χ0v) is 31.1. The number of carbonyl (C=O) groups excluding carboxylic acids is 2. The van der Waals surface area contributed by atoms with Gasteiger partial charge in [-0.05, 0) is 101 Å². The van der Waals surface area contributed by atoms with Gasteiger partial charge in [-0.1, -0.05) is 24.3 Å².